The molecule has 0 amide bonds. The Hall–Kier alpha value is -4.32. The molecule has 132 valence electrons. The van der Waals surface area contributed by atoms with Crippen LogP contribution in [0.15, 0.2) is 54.6 Å². The topological polar surface area (TPSA) is 144 Å². The van der Waals surface area contributed by atoms with E-state index in [0.29, 0.717) is 5.56 Å². The molecule has 0 saturated carbocycles. The number of rotatable bonds is 5. The number of nitrogens with one attached hydrogen (secondary N) is 1. The molecule has 3 rings (SSSR count). The average molecular weight is 359 g/mol. The van der Waals surface area contributed by atoms with Gasteiger partial charge in [-0.25, -0.2) is 0 Å². The number of nitrogen functional groups attached to an aromatic ring is 1. The van der Waals surface area contributed by atoms with E-state index in [-0.39, 0.29) is 29.0 Å². The highest BCUT2D eigenvalue weighted by atomic mass is 16.6. The van der Waals surface area contributed by atoms with Crippen molar-refractivity contribution in [2.45, 2.75) is 0 Å². The summed E-state index contributed by atoms with van der Waals surface area (Å²) in [4.78, 5) is 22.6. The quantitative estimate of drug-likeness (QED) is 0.401. The van der Waals surface area contributed by atoms with E-state index in [2.05, 4.69) is 20.3 Å². The highest BCUT2D eigenvalue weighted by molar-refractivity contribution is 5.87. The molecule has 0 atom stereocenters. The molecule has 1 aromatic heterocycles. The van der Waals surface area contributed by atoms with E-state index in [1.807, 2.05) is 36.4 Å². The number of nitrogens with two attached hydrogens (primary N) is 1. The van der Waals surface area contributed by atoms with Crippen LogP contribution in [0.3, 0.4) is 0 Å². The second kappa shape index (κ2) is 7.71. The number of para-hydroxylation sites is 1. The third-order valence-electron chi connectivity index (χ3n) is 3.44. The number of benzene rings is 2. The van der Waals surface area contributed by atoms with Crippen molar-refractivity contribution >= 4 is 34.9 Å². The molecule has 0 spiro atoms. The highest BCUT2D eigenvalue weighted by Gasteiger charge is 2.11. The number of hydrogen-bond donors (Lipinski definition) is 2. The number of non-ortho nitro benzene ring substituents is 1. The van der Waals surface area contributed by atoms with Crippen molar-refractivity contribution in [3.8, 4) is 6.07 Å². The van der Waals surface area contributed by atoms with Gasteiger partial charge in [-0.1, -0.05) is 30.3 Å². The van der Waals surface area contributed by atoms with Crippen molar-refractivity contribution in [3.05, 3.63) is 76.1 Å². The summed E-state index contributed by atoms with van der Waals surface area (Å²) in [6, 6.07) is 17.1. The molecule has 0 unspecified atom stereocenters. The minimum absolute atomic E-state index is 0.0568. The molecule has 9 heteroatoms. The standard InChI is InChI=1S/C18H13N7O2/c19-11-13(9-12-5-4-8-15(10-12)25(26)27)16-22-17(20)24-18(23-16)21-14-6-2-1-3-7-14/h1-10H,(H3,20,21,22,23,24)/b13-9+. The predicted molar refractivity (Wildman–Crippen MR) is 101 cm³/mol. The molecule has 0 bridgehead atoms. The van der Waals surface area contributed by atoms with E-state index in [1.54, 1.807) is 6.07 Å². The molecular weight excluding hydrogens is 346 g/mol. The minimum Gasteiger partial charge on any atom is -0.368 e. The molecule has 0 fully saturated rings. The lowest BCUT2D eigenvalue weighted by molar-refractivity contribution is -0.384. The monoisotopic (exact) mass is 359 g/mol. The Balaban J connectivity index is 1.97. The zero-order valence-electron chi connectivity index (χ0n) is 13.9. The molecule has 9 nitrogen and oxygen atoms in total. The van der Waals surface area contributed by atoms with Crippen molar-refractivity contribution < 1.29 is 4.92 Å². The maximum atomic E-state index is 10.9. The summed E-state index contributed by atoms with van der Waals surface area (Å²) < 4.78 is 0. The largest absolute Gasteiger partial charge is 0.368 e. The molecular formula is C18H13N7O2. The van der Waals surface area contributed by atoms with E-state index < -0.39 is 4.92 Å². The zero-order chi connectivity index (χ0) is 19.2. The summed E-state index contributed by atoms with van der Waals surface area (Å²) in [6.45, 7) is 0. The lowest BCUT2D eigenvalue weighted by Gasteiger charge is -2.06. The first-order valence-electron chi connectivity index (χ1n) is 7.75. The van der Waals surface area contributed by atoms with Crippen LogP contribution >= 0.6 is 0 Å². The van der Waals surface area contributed by atoms with Crippen LogP contribution in [0.25, 0.3) is 11.6 Å². The number of anilines is 3. The molecule has 0 saturated heterocycles. The Kier molecular flexibility index (Phi) is 5.00. The summed E-state index contributed by atoms with van der Waals surface area (Å²) in [5, 5.41) is 23.4. The van der Waals surface area contributed by atoms with Crippen molar-refractivity contribution in [3.63, 3.8) is 0 Å². The number of nitrogens with zero attached hydrogens (tertiary/aromatic N) is 5. The third kappa shape index (κ3) is 4.40. The van der Waals surface area contributed by atoms with Gasteiger partial charge in [0.25, 0.3) is 5.69 Å². The number of hydrogen-bond acceptors (Lipinski definition) is 8. The Morgan fingerprint density at radius 3 is 2.63 bits per heavy atom. The highest BCUT2D eigenvalue weighted by Crippen LogP contribution is 2.20. The van der Waals surface area contributed by atoms with Crippen molar-refractivity contribution in [1.29, 1.82) is 5.26 Å². The third-order valence-corrected chi connectivity index (χ3v) is 3.44. The molecule has 3 aromatic rings. The molecule has 2 aromatic carbocycles. The fraction of sp³-hybridized carbons (Fsp3) is 0. The van der Waals surface area contributed by atoms with Crippen LogP contribution in [0.2, 0.25) is 0 Å². The summed E-state index contributed by atoms with van der Waals surface area (Å²) in [6.07, 6.45) is 1.45. The van der Waals surface area contributed by atoms with Crippen molar-refractivity contribution in [2.24, 2.45) is 0 Å². The number of nitriles is 1. The van der Waals surface area contributed by atoms with E-state index in [0.717, 1.165) is 5.69 Å². The van der Waals surface area contributed by atoms with E-state index in [4.69, 9.17) is 5.73 Å². The fourth-order valence-electron chi connectivity index (χ4n) is 2.26. The summed E-state index contributed by atoms with van der Waals surface area (Å²) in [7, 11) is 0. The molecule has 1 heterocycles. The number of nitro benzene ring substituents is 1. The lowest BCUT2D eigenvalue weighted by atomic mass is 10.1. The fourth-order valence-corrected chi connectivity index (χ4v) is 2.26. The van der Waals surface area contributed by atoms with E-state index in [9.17, 15) is 15.4 Å². The molecule has 0 aliphatic rings. The van der Waals surface area contributed by atoms with Gasteiger partial charge in [0, 0.05) is 17.8 Å². The lowest BCUT2D eigenvalue weighted by Crippen LogP contribution is -2.06. The summed E-state index contributed by atoms with van der Waals surface area (Å²) >= 11 is 0. The Labute approximate surface area is 154 Å². The van der Waals surface area contributed by atoms with Crippen LogP contribution in [0.5, 0.6) is 0 Å². The zero-order valence-corrected chi connectivity index (χ0v) is 13.9. The van der Waals surface area contributed by atoms with Crippen LogP contribution in [0, 0.1) is 21.4 Å². The molecule has 27 heavy (non-hydrogen) atoms. The normalized spacial score (nSPS) is 10.9. The SMILES string of the molecule is N#C/C(=C\c1cccc([N+](=O)[O-])c1)c1nc(N)nc(Nc2ccccc2)n1. The first kappa shape index (κ1) is 17.5. The maximum absolute atomic E-state index is 10.9. The minimum atomic E-state index is -0.508. The predicted octanol–water partition coefficient (Wildman–Crippen LogP) is 3.17. The van der Waals surface area contributed by atoms with Gasteiger partial charge in [-0.3, -0.25) is 10.1 Å². The molecule has 3 N–H and O–H groups in total. The summed E-state index contributed by atoms with van der Waals surface area (Å²) in [5.74, 6) is 0.192. The van der Waals surface area contributed by atoms with Gasteiger partial charge in [0.1, 0.15) is 6.07 Å². The second-order valence-corrected chi connectivity index (χ2v) is 5.35. The molecule has 0 aliphatic carbocycles. The van der Waals surface area contributed by atoms with Crippen molar-refractivity contribution in [1.82, 2.24) is 15.0 Å². The van der Waals surface area contributed by atoms with Gasteiger partial charge >= 0.3 is 0 Å². The average Bonchev–Trinajstić information content (AvgIpc) is 2.66. The van der Waals surface area contributed by atoms with Gasteiger partial charge in [-0.2, -0.15) is 20.2 Å². The number of nitro groups is 1. The second-order valence-electron chi connectivity index (χ2n) is 5.35. The first-order chi connectivity index (χ1) is 13.0. The van der Waals surface area contributed by atoms with Gasteiger partial charge in [-0.15, -0.1) is 0 Å². The van der Waals surface area contributed by atoms with Crippen LogP contribution in [0.4, 0.5) is 23.3 Å². The van der Waals surface area contributed by atoms with Crippen molar-refractivity contribution in [2.75, 3.05) is 11.1 Å². The van der Waals surface area contributed by atoms with Gasteiger partial charge in [0.05, 0.1) is 10.5 Å². The van der Waals surface area contributed by atoms with Crippen LogP contribution < -0.4 is 11.1 Å². The summed E-state index contributed by atoms with van der Waals surface area (Å²) in [5.41, 5.74) is 6.97. The van der Waals surface area contributed by atoms with Gasteiger partial charge < -0.3 is 11.1 Å². The van der Waals surface area contributed by atoms with Crippen LogP contribution in [-0.4, -0.2) is 19.9 Å². The number of allylic oxidation sites excluding steroid dienone is 1. The number of aromatic nitrogens is 3. The van der Waals surface area contributed by atoms with Crippen LogP contribution in [0.1, 0.15) is 11.4 Å². The molecule has 0 radical (unpaired) electrons. The van der Waals surface area contributed by atoms with Crippen LogP contribution in [-0.2, 0) is 0 Å². The smallest absolute Gasteiger partial charge is 0.270 e. The van der Waals surface area contributed by atoms with Gasteiger partial charge in [0.2, 0.25) is 11.9 Å². The maximum Gasteiger partial charge on any atom is 0.270 e. The molecule has 0 aliphatic heterocycles. The Morgan fingerprint density at radius 2 is 1.93 bits per heavy atom. The van der Waals surface area contributed by atoms with Gasteiger partial charge in [-0.05, 0) is 23.8 Å². The first-order valence-corrected chi connectivity index (χ1v) is 7.75. The van der Waals surface area contributed by atoms with E-state index in [1.165, 1.54) is 24.3 Å². The Morgan fingerprint density at radius 1 is 1.15 bits per heavy atom. The Bertz CT molecular complexity index is 1060. The van der Waals surface area contributed by atoms with Gasteiger partial charge in [0.15, 0.2) is 5.82 Å². The van der Waals surface area contributed by atoms with E-state index >= 15 is 0 Å².